The summed E-state index contributed by atoms with van der Waals surface area (Å²) >= 11 is 0. The monoisotopic (exact) mass is 258 g/mol. The van der Waals surface area contributed by atoms with Crippen molar-refractivity contribution >= 4 is 0 Å². The first-order chi connectivity index (χ1) is 9.36. The number of rotatable bonds is 4. The number of methoxy groups -OCH3 is 1. The maximum atomic E-state index is 5.35. The average Bonchev–Trinajstić information content (AvgIpc) is 3.11. The van der Waals surface area contributed by atoms with Crippen LogP contribution in [0, 0.1) is 0 Å². The molecule has 1 saturated heterocycles. The normalized spacial score (nSPS) is 18.7. The highest BCUT2D eigenvalue weighted by molar-refractivity contribution is 5.65. The Morgan fingerprint density at radius 3 is 3.11 bits per heavy atom. The van der Waals surface area contributed by atoms with Gasteiger partial charge in [-0.05, 0) is 31.5 Å². The van der Waals surface area contributed by atoms with E-state index in [9.17, 15) is 0 Å². The predicted molar refractivity (Wildman–Crippen MR) is 73.0 cm³/mol. The van der Waals surface area contributed by atoms with Crippen molar-refractivity contribution in [2.75, 3.05) is 13.7 Å². The number of benzene rings is 1. The van der Waals surface area contributed by atoms with Crippen molar-refractivity contribution in [2.24, 2.45) is 0 Å². The topological polar surface area (TPSA) is 52.0 Å². The van der Waals surface area contributed by atoms with E-state index in [-0.39, 0.29) is 0 Å². The Balaban J connectivity index is 1.80. The lowest BCUT2D eigenvalue weighted by atomic mass is 10.1. The van der Waals surface area contributed by atoms with E-state index in [2.05, 4.69) is 15.6 Å². The molecule has 1 aliphatic rings. The van der Waals surface area contributed by atoms with E-state index in [0.29, 0.717) is 6.04 Å². The van der Waals surface area contributed by atoms with Gasteiger partial charge in [0.25, 0.3) is 0 Å². The van der Waals surface area contributed by atoms with Crippen LogP contribution in [0.1, 0.15) is 12.8 Å². The number of aromatic nitrogens is 3. The van der Waals surface area contributed by atoms with Gasteiger partial charge in [-0.25, -0.2) is 0 Å². The first kappa shape index (κ1) is 12.2. The van der Waals surface area contributed by atoms with Crippen LogP contribution in [0.15, 0.2) is 30.5 Å². The first-order valence-electron chi connectivity index (χ1n) is 6.64. The SMILES string of the molecule is COc1ccccc1-c1cn(CC2CCCN2)nn1. The van der Waals surface area contributed by atoms with Gasteiger partial charge in [-0.2, -0.15) is 0 Å². The quantitative estimate of drug-likeness (QED) is 0.907. The van der Waals surface area contributed by atoms with Gasteiger partial charge in [0.2, 0.25) is 0 Å². The minimum atomic E-state index is 0.521. The fourth-order valence-electron chi connectivity index (χ4n) is 2.51. The summed E-state index contributed by atoms with van der Waals surface area (Å²) in [6.45, 7) is 1.99. The van der Waals surface area contributed by atoms with Gasteiger partial charge in [-0.3, -0.25) is 4.68 Å². The third-order valence-electron chi connectivity index (χ3n) is 3.49. The molecule has 1 aromatic heterocycles. The van der Waals surface area contributed by atoms with E-state index in [1.807, 2.05) is 35.1 Å². The summed E-state index contributed by atoms with van der Waals surface area (Å²) in [6.07, 6.45) is 4.44. The minimum Gasteiger partial charge on any atom is -0.496 e. The van der Waals surface area contributed by atoms with Crippen LogP contribution in [-0.2, 0) is 6.54 Å². The molecule has 19 heavy (non-hydrogen) atoms. The molecule has 1 aliphatic heterocycles. The molecule has 3 rings (SSSR count). The lowest BCUT2D eigenvalue weighted by Gasteiger charge is -2.08. The maximum absolute atomic E-state index is 5.35. The van der Waals surface area contributed by atoms with Gasteiger partial charge in [-0.1, -0.05) is 17.3 Å². The fourth-order valence-corrected chi connectivity index (χ4v) is 2.51. The molecule has 0 amide bonds. The van der Waals surface area contributed by atoms with Crippen LogP contribution in [0.3, 0.4) is 0 Å². The van der Waals surface area contributed by atoms with Gasteiger partial charge < -0.3 is 10.1 Å². The summed E-state index contributed by atoms with van der Waals surface area (Å²) in [7, 11) is 1.67. The van der Waals surface area contributed by atoms with E-state index in [0.717, 1.165) is 30.1 Å². The van der Waals surface area contributed by atoms with Crippen molar-refractivity contribution in [3.8, 4) is 17.0 Å². The molecule has 0 bridgehead atoms. The van der Waals surface area contributed by atoms with Gasteiger partial charge in [0.05, 0.1) is 19.9 Å². The lowest BCUT2D eigenvalue weighted by molar-refractivity contribution is 0.416. The molecule has 1 fully saturated rings. The molecular weight excluding hydrogens is 240 g/mol. The Morgan fingerprint density at radius 1 is 1.42 bits per heavy atom. The van der Waals surface area contributed by atoms with E-state index in [1.54, 1.807) is 7.11 Å². The molecule has 1 N–H and O–H groups in total. The second-order valence-corrected chi connectivity index (χ2v) is 4.82. The molecule has 0 saturated carbocycles. The smallest absolute Gasteiger partial charge is 0.128 e. The van der Waals surface area contributed by atoms with Crippen molar-refractivity contribution in [3.63, 3.8) is 0 Å². The largest absolute Gasteiger partial charge is 0.496 e. The summed E-state index contributed by atoms with van der Waals surface area (Å²) in [6, 6.07) is 8.39. The van der Waals surface area contributed by atoms with Gasteiger partial charge in [0, 0.05) is 11.6 Å². The van der Waals surface area contributed by atoms with E-state index >= 15 is 0 Å². The molecule has 0 radical (unpaired) electrons. The second-order valence-electron chi connectivity index (χ2n) is 4.82. The summed E-state index contributed by atoms with van der Waals surface area (Å²) in [4.78, 5) is 0. The van der Waals surface area contributed by atoms with Crippen LogP contribution < -0.4 is 10.1 Å². The maximum Gasteiger partial charge on any atom is 0.128 e. The number of para-hydroxylation sites is 1. The van der Waals surface area contributed by atoms with Crippen molar-refractivity contribution in [2.45, 2.75) is 25.4 Å². The van der Waals surface area contributed by atoms with Crippen LogP contribution in [-0.4, -0.2) is 34.7 Å². The van der Waals surface area contributed by atoms with Gasteiger partial charge in [-0.15, -0.1) is 5.10 Å². The molecule has 100 valence electrons. The standard InChI is InChI=1S/C14H18N4O/c1-19-14-7-3-2-6-12(14)13-10-18(17-16-13)9-11-5-4-8-15-11/h2-3,6-7,10-11,15H,4-5,8-9H2,1H3. The zero-order valence-corrected chi connectivity index (χ0v) is 11.0. The van der Waals surface area contributed by atoms with Gasteiger partial charge in [0.1, 0.15) is 11.4 Å². The van der Waals surface area contributed by atoms with E-state index < -0.39 is 0 Å². The third kappa shape index (κ3) is 2.61. The molecule has 1 atom stereocenters. The van der Waals surface area contributed by atoms with E-state index in [4.69, 9.17) is 4.74 Å². The molecule has 0 spiro atoms. The van der Waals surface area contributed by atoms with Gasteiger partial charge >= 0.3 is 0 Å². The molecule has 1 aromatic carbocycles. The highest BCUT2D eigenvalue weighted by atomic mass is 16.5. The molecule has 2 heterocycles. The number of hydrogen-bond donors (Lipinski definition) is 1. The average molecular weight is 258 g/mol. The van der Waals surface area contributed by atoms with Crippen LogP contribution in [0.5, 0.6) is 5.75 Å². The summed E-state index contributed by atoms with van der Waals surface area (Å²) < 4.78 is 7.26. The molecule has 5 heteroatoms. The number of ether oxygens (including phenoxy) is 1. The van der Waals surface area contributed by atoms with Crippen LogP contribution >= 0.6 is 0 Å². The van der Waals surface area contributed by atoms with Crippen molar-refractivity contribution in [3.05, 3.63) is 30.5 Å². The highest BCUT2D eigenvalue weighted by Crippen LogP contribution is 2.27. The zero-order chi connectivity index (χ0) is 13.1. The third-order valence-corrected chi connectivity index (χ3v) is 3.49. The Morgan fingerprint density at radius 2 is 2.32 bits per heavy atom. The highest BCUT2D eigenvalue weighted by Gasteiger charge is 2.16. The molecule has 5 nitrogen and oxygen atoms in total. The summed E-state index contributed by atoms with van der Waals surface area (Å²) in [5, 5.41) is 11.9. The lowest BCUT2D eigenvalue weighted by Crippen LogP contribution is -2.26. The Kier molecular flexibility index (Phi) is 3.46. The molecule has 2 aromatic rings. The Labute approximate surface area is 112 Å². The number of nitrogens with one attached hydrogen (secondary N) is 1. The first-order valence-corrected chi connectivity index (χ1v) is 6.64. The fraction of sp³-hybridized carbons (Fsp3) is 0.429. The van der Waals surface area contributed by atoms with Crippen LogP contribution in [0.25, 0.3) is 11.3 Å². The Bertz CT molecular complexity index is 546. The minimum absolute atomic E-state index is 0.521. The van der Waals surface area contributed by atoms with Crippen molar-refractivity contribution < 1.29 is 4.74 Å². The van der Waals surface area contributed by atoms with Crippen molar-refractivity contribution in [1.29, 1.82) is 0 Å². The predicted octanol–water partition coefficient (Wildman–Crippen LogP) is 1.71. The van der Waals surface area contributed by atoms with Gasteiger partial charge in [0.15, 0.2) is 0 Å². The molecule has 0 aliphatic carbocycles. The molecule has 1 unspecified atom stereocenters. The van der Waals surface area contributed by atoms with Crippen molar-refractivity contribution in [1.82, 2.24) is 20.3 Å². The van der Waals surface area contributed by atoms with E-state index in [1.165, 1.54) is 12.8 Å². The number of hydrogen-bond acceptors (Lipinski definition) is 4. The summed E-state index contributed by atoms with van der Waals surface area (Å²) in [5.74, 6) is 0.827. The van der Waals surface area contributed by atoms with Crippen LogP contribution in [0.2, 0.25) is 0 Å². The van der Waals surface area contributed by atoms with Crippen LogP contribution in [0.4, 0.5) is 0 Å². The second kappa shape index (κ2) is 5.40. The summed E-state index contributed by atoms with van der Waals surface area (Å²) in [5.41, 5.74) is 1.84. The zero-order valence-electron chi connectivity index (χ0n) is 11.0. The molecular formula is C14H18N4O. The Hall–Kier alpha value is -1.88. The number of nitrogens with zero attached hydrogens (tertiary/aromatic N) is 3.